The molecule has 0 aliphatic heterocycles. The van der Waals surface area contributed by atoms with Crippen LogP contribution in [0.15, 0.2) is 0 Å². The minimum absolute atomic E-state index is 0.0145. The largest absolute Gasteiger partial charge is 0.393 e. The zero-order valence-electron chi connectivity index (χ0n) is 19.1. The van der Waals surface area contributed by atoms with Crippen LogP contribution in [0.1, 0.15) is 98.3 Å². The van der Waals surface area contributed by atoms with Gasteiger partial charge < -0.3 is 5.11 Å². The summed E-state index contributed by atoms with van der Waals surface area (Å²) in [6.07, 6.45) is 15.6. The second kappa shape index (κ2) is 7.28. The van der Waals surface area contributed by atoms with E-state index in [4.69, 9.17) is 0 Å². The maximum Gasteiger partial charge on any atom is 0.0543 e. The Bertz CT molecular complexity index is 569. The Morgan fingerprint density at radius 3 is 2.43 bits per heavy atom. The van der Waals surface area contributed by atoms with Crippen LogP contribution < -0.4 is 0 Å². The van der Waals surface area contributed by atoms with Gasteiger partial charge in [0.1, 0.15) is 0 Å². The van der Waals surface area contributed by atoms with Gasteiger partial charge in [-0.2, -0.15) is 0 Å². The van der Waals surface area contributed by atoms with Crippen LogP contribution in [0.4, 0.5) is 0 Å². The minimum Gasteiger partial charge on any atom is -0.393 e. The number of rotatable bonds is 4. The summed E-state index contributed by atoms with van der Waals surface area (Å²) in [7, 11) is 0. The lowest BCUT2D eigenvalue weighted by molar-refractivity contribution is -0.0829. The van der Waals surface area contributed by atoms with E-state index in [2.05, 4.69) is 27.7 Å². The summed E-state index contributed by atoms with van der Waals surface area (Å²) in [5.41, 5.74) is 0.645. The van der Waals surface area contributed by atoms with Gasteiger partial charge in [0.2, 0.25) is 0 Å². The fourth-order valence-corrected chi connectivity index (χ4v) is 9.82. The van der Waals surface area contributed by atoms with Gasteiger partial charge in [0, 0.05) is 0 Å². The first-order chi connectivity index (χ1) is 13.4. The van der Waals surface area contributed by atoms with Crippen molar-refractivity contribution >= 4 is 0 Å². The summed E-state index contributed by atoms with van der Waals surface area (Å²) in [6, 6.07) is 0. The molecule has 0 bridgehead atoms. The number of aliphatic hydroxyl groups is 1. The highest BCUT2D eigenvalue weighted by molar-refractivity contribution is 5.08. The molecule has 1 heteroatoms. The smallest absolute Gasteiger partial charge is 0.0543 e. The first kappa shape index (κ1) is 19.9. The van der Waals surface area contributed by atoms with Gasteiger partial charge in [0.15, 0.2) is 0 Å². The van der Waals surface area contributed by atoms with Crippen molar-refractivity contribution < 1.29 is 5.11 Å². The Balaban J connectivity index is 1.28. The highest BCUT2D eigenvalue weighted by atomic mass is 16.3. The molecule has 0 radical (unpaired) electrons. The van der Waals surface area contributed by atoms with Crippen molar-refractivity contribution in [3.63, 3.8) is 0 Å². The van der Waals surface area contributed by atoms with Crippen LogP contribution in [-0.2, 0) is 0 Å². The van der Waals surface area contributed by atoms with Crippen LogP contribution in [-0.4, -0.2) is 11.2 Å². The molecule has 5 aliphatic carbocycles. The molecule has 5 rings (SSSR count). The third-order valence-electron chi connectivity index (χ3n) is 11.1. The molecule has 0 aromatic heterocycles. The molecule has 0 spiro atoms. The summed E-state index contributed by atoms with van der Waals surface area (Å²) in [5, 5.41) is 10.2. The van der Waals surface area contributed by atoms with Crippen LogP contribution in [0.25, 0.3) is 0 Å². The van der Waals surface area contributed by atoms with Crippen molar-refractivity contribution in [2.24, 2.45) is 64.6 Å². The van der Waals surface area contributed by atoms with Crippen molar-refractivity contribution in [1.29, 1.82) is 0 Å². The van der Waals surface area contributed by atoms with E-state index in [1.165, 1.54) is 57.8 Å². The Hall–Kier alpha value is -0.0400. The molecule has 5 saturated carbocycles. The lowest BCUT2D eigenvalue weighted by Gasteiger charge is -2.56. The van der Waals surface area contributed by atoms with E-state index in [1.54, 1.807) is 0 Å². The molecule has 0 heterocycles. The molecule has 160 valence electrons. The van der Waals surface area contributed by atoms with Crippen molar-refractivity contribution in [3.05, 3.63) is 0 Å². The van der Waals surface area contributed by atoms with Gasteiger partial charge in [-0.1, -0.05) is 27.7 Å². The quantitative estimate of drug-likeness (QED) is 0.555. The Morgan fingerprint density at radius 1 is 0.857 bits per heavy atom. The molecule has 1 N–H and O–H groups in total. The fourth-order valence-electron chi connectivity index (χ4n) is 9.82. The predicted octanol–water partition coefficient (Wildman–Crippen LogP) is 6.93. The molecule has 11 unspecified atom stereocenters. The zero-order chi connectivity index (χ0) is 19.6. The van der Waals surface area contributed by atoms with Gasteiger partial charge in [-0.05, 0) is 135 Å². The second-order valence-corrected chi connectivity index (χ2v) is 12.8. The monoisotopic (exact) mass is 386 g/mol. The fraction of sp³-hybridized carbons (Fsp3) is 1.00. The molecule has 28 heavy (non-hydrogen) atoms. The van der Waals surface area contributed by atoms with Crippen molar-refractivity contribution in [2.45, 2.75) is 104 Å². The van der Waals surface area contributed by atoms with Gasteiger partial charge in [0.05, 0.1) is 6.10 Å². The molecule has 11 atom stereocenters. The highest BCUT2D eigenvalue weighted by Crippen LogP contribution is 2.67. The van der Waals surface area contributed by atoms with Crippen molar-refractivity contribution in [1.82, 2.24) is 0 Å². The van der Waals surface area contributed by atoms with Crippen LogP contribution in [0.2, 0.25) is 0 Å². The Kier molecular flexibility index (Phi) is 5.17. The number of hydrogen-bond acceptors (Lipinski definition) is 1. The molecule has 0 amide bonds. The van der Waals surface area contributed by atoms with E-state index in [-0.39, 0.29) is 6.10 Å². The summed E-state index contributed by atoms with van der Waals surface area (Å²) in [4.78, 5) is 0. The van der Waals surface area contributed by atoms with Crippen LogP contribution >= 0.6 is 0 Å². The van der Waals surface area contributed by atoms with Gasteiger partial charge in [-0.25, -0.2) is 0 Å². The SMILES string of the molecule is CC(C)CC1CC1C(C)C1CCC2C3CCC4CC(O)CCC4C3CCC12C. The lowest BCUT2D eigenvalue weighted by atomic mass is 9.49. The molecular formula is C27H46O. The molecule has 1 nitrogen and oxygen atoms in total. The number of fused-ring (bicyclic) bond motifs is 5. The Labute approximate surface area is 174 Å². The van der Waals surface area contributed by atoms with E-state index in [0.29, 0.717) is 5.41 Å². The normalized spacial score (nSPS) is 54.0. The van der Waals surface area contributed by atoms with Gasteiger partial charge in [0.25, 0.3) is 0 Å². The maximum absolute atomic E-state index is 10.2. The first-order valence-electron chi connectivity index (χ1n) is 13.1. The average Bonchev–Trinajstić information content (AvgIpc) is 3.31. The van der Waals surface area contributed by atoms with Gasteiger partial charge in [-0.3, -0.25) is 0 Å². The van der Waals surface area contributed by atoms with E-state index < -0.39 is 0 Å². The standard InChI is InChI=1S/C27H46O/c1-16(2)13-19-15-24(19)17(3)25-9-10-26-23-7-5-18-14-20(28)6-8-21(18)22(23)11-12-27(25,26)4/h16-26,28H,5-15H2,1-4H3. The zero-order valence-corrected chi connectivity index (χ0v) is 19.1. The van der Waals surface area contributed by atoms with E-state index in [9.17, 15) is 5.11 Å². The molecule has 0 saturated heterocycles. The first-order valence-corrected chi connectivity index (χ1v) is 13.1. The average molecular weight is 387 g/mol. The summed E-state index contributed by atoms with van der Waals surface area (Å²) >= 11 is 0. The molecule has 5 aliphatic rings. The predicted molar refractivity (Wildman–Crippen MR) is 117 cm³/mol. The van der Waals surface area contributed by atoms with Crippen LogP contribution in [0, 0.1) is 64.6 Å². The summed E-state index contributed by atoms with van der Waals surface area (Å²) < 4.78 is 0. The summed E-state index contributed by atoms with van der Waals surface area (Å²) in [6.45, 7) is 10.2. The number of aliphatic hydroxyl groups excluding tert-OH is 1. The molecule has 5 fully saturated rings. The van der Waals surface area contributed by atoms with E-state index in [1.807, 2.05) is 0 Å². The van der Waals surface area contributed by atoms with E-state index in [0.717, 1.165) is 72.0 Å². The molecular weight excluding hydrogens is 340 g/mol. The maximum atomic E-state index is 10.2. The van der Waals surface area contributed by atoms with Crippen molar-refractivity contribution in [3.8, 4) is 0 Å². The third kappa shape index (κ3) is 3.21. The topological polar surface area (TPSA) is 20.2 Å². The minimum atomic E-state index is 0.0145. The Morgan fingerprint density at radius 2 is 1.64 bits per heavy atom. The van der Waals surface area contributed by atoms with E-state index >= 15 is 0 Å². The van der Waals surface area contributed by atoms with Crippen LogP contribution in [0.5, 0.6) is 0 Å². The second-order valence-electron chi connectivity index (χ2n) is 12.8. The van der Waals surface area contributed by atoms with Gasteiger partial charge in [-0.15, -0.1) is 0 Å². The molecule has 0 aromatic rings. The lowest BCUT2D eigenvalue weighted by Crippen LogP contribution is -2.49. The third-order valence-corrected chi connectivity index (χ3v) is 11.1. The molecule has 0 aromatic carbocycles. The van der Waals surface area contributed by atoms with Gasteiger partial charge >= 0.3 is 0 Å². The van der Waals surface area contributed by atoms with Crippen molar-refractivity contribution in [2.75, 3.05) is 0 Å². The highest BCUT2D eigenvalue weighted by Gasteiger charge is 2.59. The summed E-state index contributed by atoms with van der Waals surface area (Å²) in [5.74, 6) is 9.83. The van der Waals surface area contributed by atoms with Crippen LogP contribution in [0.3, 0.4) is 0 Å². The number of hydrogen-bond donors (Lipinski definition) is 1.